The van der Waals surface area contributed by atoms with Gasteiger partial charge in [-0.25, -0.2) is 0 Å². The van der Waals surface area contributed by atoms with E-state index >= 15 is 0 Å². The quantitative estimate of drug-likeness (QED) is 0.831. The minimum Gasteiger partial charge on any atom is -0.342 e. The van der Waals surface area contributed by atoms with Crippen molar-refractivity contribution in [1.29, 1.82) is 0 Å². The fourth-order valence-corrected chi connectivity index (χ4v) is 3.15. The van der Waals surface area contributed by atoms with Crippen molar-refractivity contribution >= 4 is 27.5 Å². The number of hydrogen-bond acceptors (Lipinski definition) is 3. The number of rotatable bonds is 2. The normalized spacial score (nSPS) is 22.1. The Morgan fingerprint density at radius 2 is 2.09 bits per heavy atom. The van der Waals surface area contributed by atoms with Crippen LogP contribution in [0, 0.1) is 0 Å². The van der Waals surface area contributed by atoms with Crippen LogP contribution in [0.25, 0.3) is 5.70 Å². The summed E-state index contributed by atoms with van der Waals surface area (Å²) in [5.41, 5.74) is 0.522. The van der Waals surface area contributed by atoms with Crippen molar-refractivity contribution in [3.05, 3.63) is 39.9 Å². The molecule has 2 aliphatic heterocycles. The standard InChI is InChI=1S/C15H15BrF3N3/c16-11-4-3-9(8-10(11)15(17,18)19)12-5-7-21-14(22-12)13-2-1-6-20-13/h3-5,8,13,20H,1-2,6-7H2,(H,21,22). The Morgan fingerprint density at radius 3 is 2.77 bits per heavy atom. The molecule has 0 spiro atoms. The largest absolute Gasteiger partial charge is 0.417 e. The third kappa shape index (κ3) is 3.20. The van der Waals surface area contributed by atoms with Crippen molar-refractivity contribution in [2.75, 3.05) is 13.1 Å². The number of nitrogens with zero attached hydrogens (tertiary/aromatic N) is 1. The molecule has 0 amide bonds. The molecule has 1 aromatic rings. The van der Waals surface area contributed by atoms with Gasteiger partial charge in [0.05, 0.1) is 18.2 Å². The molecule has 3 rings (SSSR count). The lowest BCUT2D eigenvalue weighted by Crippen LogP contribution is -2.41. The lowest BCUT2D eigenvalue weighted by molar-refractivity contribution is -0.138. The fraction of sp³-hybridized carbons (Fsp3) is 0.400. The predicted octanol–water partition coefficient (Wildman–Crippen LogP) is 3.56. The Labute approximate surface area is 134 Å². The number of nitrogens with one attached hydrogen (secondary N) is 2. The van der Waals surface area contributed by atoms with Crippen LogP contribution in [0.5, 0.6) is 0 Å². The average Bonchev–Trinajstić information content (AvgIpc) is 3.01. The first-order valence-electron chi connectivity index (χ1n) is 7.07. The SMILES string of the molecule is FC(F)(F)c1cc(C2=CCN=C(C3CCCN3)N2)ccc1Br. The minimum absolute atomic E-state index is 0.0477. The number of benzene rings is 1. The lowest BCUT2D eigenvalue weighted by atomic mass is 10.1. The number of aliphatic imine (C=N–C) groups is 1. The van der Waals surface area contributed by atoms with Crippen LogP contribution in [0.15, 0.2) is 33.7 Å². The van der Waals surface area contributed by atoms with E-state index in [4.69, 9.17) is 0 Å². The first kappa shape index (κ1) is 15.6. The molecule has 1 aromatic carbocycles. The second-order valence-electron chi connectivity index (χ2n) is 5.31. The summed E-state index contributed by atoms with van der Waals surface area (Å²) in [5, 5.41) is 6.51. The molecule has 118 valence electrons. The van der Waals surface area contributed by atoms with E-state index in [0.717, 1.165) is 31.3 Å². The van der Waals surface area contributed by atoms with Crippen LogP contribution in [0.3, 0.4) is 0 Å². The highest BCUT2D eigenvalue weighted by Crippen LogP contribution is 2.36. The van der Waals surface area contributed by atoms with Crippen LogP contribution >= 0.6 is 15.9 Å². The van der Waals surface area contributed by atoms with Crippen LogP contribution in [-0.4, -0.2) is 25.0 Å². The highest BCUT2D eigenvalue weighted by Gasteiger charge is 2.33. The summed E-state index contributed by atoms with van der Waals surface area (Å²) in [6, 6.07) is 4.43. The zero-order valence-corrected chi connectivity index (χ0v) is 13.3. The summed E-state index contributed by atoms with van der Waals surface area (Å²) < 4.78 is 39.1. The van der Waals surface area contributed by atoms with Gasteiger partial charge in [-0.1, -0.05) is 22.0 Å². The number of alkyl halides is 3. The number of halogens is 4. The Morgan fingerprint density at radius 1 is 1.27 bits per heavy atom. The van der Waals surface area contributed by atoms with E-state index in [-0.39, 0.29) is 10.5 Å². The molecule has 3 nitrogen and oxygen atoms in total. The van der Waals surface area contributed by atoms with E-state index in [1.807, 2.05) is 6.08 Å². The van der Waals surface area contributed by atoms with Crippen LogP contribution in [0.1, 0.15) is 24.0 Å². The van der Waals surface area contributed by atoms with Crippen molar-refractivity contribution in [2.45, 2.75) is 25.1 Å². The number of hydrogen-bond donors (Lipinski definition) is 2. The van der Waals surface area contributed by atoms with Gasteiger partial charge in [-0.3, -0.25) is 4.99 Å². The molecule has 1 atom stereocenters. The summed E-state index contributed by atoms with van der Waals surface area (Å²) in [4.78, 5) is 4.41. The van der Waals surface area contributed by atoms with Crippen molar-refractivity contribution in [3.8, 4) is 0 Å². The van der Waals surface area contributed by atoms with Crippen molar-refractivity contribution in [1.82, 2.24) is 10.6 Å². The molecule has 0 bridgehead atoms. The maximum Gasteiger partial charge on any atom is 0.417 e. The van der Waals surface area contributed by atoms with Gasteiger partial charge in [0.1, 0.15) is 5.84 Å². The third-order valence-electron chi connectivity index (χ3n) is 3.79. The highest BCUT2D eigenvalue weighted by atomic mass is 79.9. The van der Waals surface area contributed by atoms with Gasteiger partial charge in [0.2, 0.25) is 0 Å². The molecule has 0 aliphatic carbocycles. The highest BCUT2D eigenvalue weighted by molar-refractivity contribution is 9.10. The fourth-order valence-electron chi connectivity index (χ4n) is 2.68. The van der Waals surface area contributed by atoms with E-state index in [9.17, 15) is 13.2 Å². The predicted molar refractivity (Wildman–Crippen MR) is 83.6 cm³/mol. The maximum absolute atomic E-state index is 13.0. The molecular formula is C15H15BrF3N3. The molecule has 1 saturated heterocycles. The minimum atomic E-state index is -4.38. The Balaban J connectivity index is 1.84. The summed E-state index contributed by atoms with van der Waals surface area (Å²) in [7, 11) is 0. The van der Waals surface area contributed by atoms with Crippen LogP contribution < -0.4 is 10.6 Å². The molecule has 0 aromatic heterocycles. The van der Waals surface area contributed by atoms with Gasteiger partial charge in [0.25, 0.3) is 0 Å². The second-order valence-corrected chi connectivity index (χ2v) is 6.16. The molecule has 2 heterocycles. The molecule has 22 heavy (non-hydrogen) atoms. The van der Waals surface area contributed by atoms with Gasteiger partial charge < -0.3 is 10.6 Å². The van der Waals surface area contributed by atoms with Crippen LogP contribution in [0.2, 0.25) is 0 Å². The van der Waals surface area contributed by atoms with Gasteiger partial charge in [0, 0.05) is 10.2 Å². The van der Waals surface area contributed by atoms with Crippen molar-refractivity contribution < 1.29 is 13.2 Å². The zero-order chi connectivity index (χ0) is 15.7. The average molecular weight is 374 g/mol. The van der Waals surface area contributed by atoms with Crippen LogP contribution in [0.4, 0.5) is 13.2 Å². The number of amidine groups is 1. The summed E-state index contributed by atoms with van der Waals surface area (Å²) in [5.74, 6) is 0.812. The van der Waals surface area contributed by atoms with E-state index in [1.54, 1.807) is 6.07 Å². The van der Waals surface area contributed by atoms with Crippen molar-refractivity contribution in [3.63, 3.8) is 0 Å². The van der Waals surface area contributed by atoms with Gasteiger partial charge >= 0.3 is 6.18 Å². The first-order chi connectivity index (χ1) is 10.4. The zero-order valence-electron chi connectivity index (χ0n) is 11.7. The molecule has 7 heteroatoms. The van der Waals surface area contributed by atoms with Gasteiger partial charge in [-0.15, -0.1) is 0 Å². The molecule has 2 aliphatic rings. The Kier molecular flexibility index (Phi) is 4.27. The molecule has 0 radical (unpaired) electrons. The topological polar surface area (TPSA) is 36.4 Å². The van der Waals surface area contributed by atoms with Crippen LogP contribution in [-0.2, 0) is 6.18 Å². The van der Waals surface area contributed by atoms with Gasteiger partial charge in [0.15, 0.2) is 0 Å². The smallest absolute Gasteiger partial charge is 0.342 e. The molecule has 2 N–H and O–H groups in total. The summed E-state index contributed by atoms with van der Waals surface area (Å²) in [6.45, 7) is 1.42. The maximum atomic E-state index is 13.0. The Hall–Kier alpha value is -1.34. The Bertz CT molecular complexity index is 631. The van der Waals surface area contributed by atoms with Crippen molar-refractivity contribution in [2.24, 2.45) is 4.99 Å². The van der Waals surface area contributed by atoms with Gasteiger partial charge in [-0.05, 0) is 43.2 Å². The monoisotopic (exact) mass is 373 g/mol. The van der Waals surface area contributed by atoms with E-state index < -0.39 is 11.7 Å². The molecule has 1 unspecified atom stereocenters. The summed E-state index contributed by atoms with van der Waals surface area (Å²) in [6.07, 6.45) is -0.496. The van der Waals surface area contributed by atoms with E-state index in [0.29, 0.717) is 17.8 Å². The molecule has 1 fully saturated rings. The summed E-state index contributed by atoms with van der Waals surface area (Å²) >= 11 is 2.96. The van der Waals surface area contributed by atoms with E-state index in [2.05, 4.69) is 31.6 Å². The first-order valence-corrected chi connectivity index (χ1v) is 7.86. The second kappa shape index (κ2) is 6.04. The van der Waals surface area contributed by atoms with Gasteiger partial charge in [-0.2, -0.15) is 13.2 Å². The lowest BCUT2D eigenvalue weighted by Gasteiger charge is -2.22. The molecule has 0 saturated carbocycles. The third-order valence-corrected chi connectivity index (χ3v) is 4.48. The van der Waals surface area contributed by atoms with E-state index in [1.165, 1.54) is 6.07 Å². The molecular weight excluding hydrogens is 359 g/mol.